The van der Waals surface area contributed by atoms with Gasteiger partial charge in [0.2, 0.25) is 0 Å². The van der Waals surface area contributed by atoms with E-state index in [0.29, 0.717) is 0 Å². The summed E-state index contributed by atoms with van der Waals surface area (Å²) >= 11 is 0. The zero-order valence-electron chi connectivity index (χ0n) is 13.4. The monoisotopic (exact) mass is 287 g/mol. The first-order valence-electron chi connectivity index (χ1n) is 7.55. The van der Waals surface area contributed by atoms with Crippen molar-refractivity contribution in [2.24, 2.45) is 7.05 Å². The maximum Gasteiger partial charge on any atom is 0.131 e. The second-order valence-electron chi connectivity index (χ2n) is 5.13. The Labute approximate surface area is 127 Å². The Hall–Kier alpha value is -1.88. The molecule has 0 saturated carbocycles. The summed E-state index contributed by atoms with van der Waals surface area (Å²) in [7, 11) is 2.01. The van der Waals surface area contributed by atoms with E-state index in [1.807, 2.05) is 30.1 Å². The number of anilines is 1. The largest absolute Gasteiger partial charge is 0.351 e. The van der Waals surface area contributed by atoms with Crippen molar-refractivity contribution in [1.82, 2.24) is 20.1 Å². The Balaban J connectivity index is 2.28. The van der Waals surface area contributed by atoms with E-state index in [9.17, 15) is 0 Å². The molecule has 2 rings (SSSR count). The van der Waals surface area contributed by atoms with Crippen LogP contribution in [0.25, 0.3) is 0 Å². The van der Waals surface area contributed by atoms with Gasteiger partial charge in [-0.3, -0.25) is 9.67 Å². The zero-order chi connectivity index (χ0) is 15.2. The molecule has 0 aromatic carbocycles. The molecule has 0 atom stereocenters. The lowest BCUT2D eigenvalue weighted by Gasteiger charge is -2.24. The number of hydrogen-bond donors (Lipinski definition) is 1. The van der Waals surface area contributed by atoms with Gasteiger partial charge in [-0.1, -0.05) is 13.0 Å². The van der Waals surface area contributed by atoms with Gasteiger partial charge in [-0.25, -0.2) is 0 Å². The minimum absolute atomic E-state index is 0.801. The molecule has 0 spiro atoms. The van der Waals surface area contributed by atoms with Crippen molar-refractivity contribution >= 4 is 5.82 Å². The Morgan fingerprint density at radius 2 is 2.10 bits per heavy atom. The fourth-order valence-corrected chi connectivity index (χ4v) is 2.57. The molecule has 0 fully saturated rings. The van der Waals surface area contributed by atoms with Gasteiger partial charge in [0.05, 0.1) is 17.9 Å². The summed E-state index contributed by atoms with van der Waals surface area (Å²) in [6.45, 7) is 9.90. The first kappa shape index (κ1) is 15.5. The molecule has 2 aromatic rings. The maximum atomic E-state index is 4.59. The van der Waals surface area contributed by atoms with Crippen LogP contribution in [0, 0.1) is 6.92 Å². The van der Waals surface area contributed by atoms with Gasteiger partial charge < -0.3 is 10.2 Å². The quantitative estimate of drug-likeness (QED) is 0.848. The van der Waals surface area contributed by atoms with Crippen molar-refractivity contribution in [3.05, 3.63) is 41.3 Å². The lowest BCUT2D eigenvalue weighted by molar-refractivity contribution is 0.688. The average Bonchev–Trinajstić information content (AvgIpc) is 2.77. The van der Waals surface area contributed by atoms with Gasteiger partial charge in [-0.2, -0.15) is 5.10 Å². The molecule has 2 heterocycles. The molecule has 2 aromatic heterocycles. The lowest BCUT2D eigenvalue weighted by Crippen LogP contribution is -2.27. The van der Waals surface area contributed by atoms with Crippen LogP contribution in [0.15, 0.2) is 24.4 Å². The molecule has 21 heavy (non-hydrogen) atoms. The third kappa shape index (κ3) is 3.61. The minimum atomic E-state index is 0.801. The highest BCUT2D eigenvalue weighted by Crippen LogP contribution is 2.24. The molecule has 0 bridgehead atoms. The Bertz CT molecular complexity index is 562. The standard InChI is InChI=1S/C16H25N5/c1-5-17-11-15-13(3)19-20(4)16(15)21(6-2)12-14-9-7-8-10-18-14/h7-10,17H,5-6,11-12H2,1-4H3. The summed E-state index contributed by atoms with van der Waals surface area (Å²) in [6, 6.07) is 6.05. The van der Waals surface area contributed by atoms with Gasteiger partial charge in [0.1, 0.15) is 5.82 Å². The second kappa shape index (κ2) is 7.22. The van der Waals surface area contributed by atoms with Crippen LogP contribution in [0.2, 0.25) is 0 Å². The van der Waals surface area contributed by atoms with Crippen molar-refractivity contribution in [2.75, 3.05) is 18.0 Å². The van der Waals surface area contributed by atoms with E-state index in [-0.39, 0.29) is 0 Å². The highest BCUT2D eigenvalue weighted by Gasteiger charge is 2.18. The van der Waals surface area contributed by atoms with Crippen LogP contribution in [0.3, 0.4) is 0 Å². The molecule has 0 radical (unpaired) electrons. The summed E-state index contributed by atoms with van der Waals surface area (Å²) in [5.74, 6) is 1.18. The topological polar surface area (TPSA) is 46.0 Å². The molecule has 0 aliphatic carbocycles. The van der Waals surface area contributed by atoms with Gasteiger partial charge in [0.15, 0.2) is 0 Å². The van der Waals surface area contributed by atoms with Crippen molar-refractivity contribution < 1.29 is 0 Å². The van der Waals surface area contributed by atoms with Gasteiger partial charge in [-0.05, 0) is 32.5 Å². The van der Waals surface area contributed by atoms with Crippen LogP contribution in [-0.2, 0) is 20.1 Å². The summed E-state index contributed by atoms with van der Waals surface area (Å²) in [4.78, 5) is 6.76. The predicted octanol–water partition coefficient (Wildman–Crippen LogP) is 2.26. The average molecular weight is 287 g/mol. The van der Waals surface area contributed by atoms with Crippen LogP contribution >= 0.6 is 0 Å². The summed E-state index contributed by atoms with van der Waals surface area (Å²) < 4.78 is 1.98. The fraction of sp³-hybridized carbons (Fsp3) is 0.500. The highest BCUT2D eigenvalue weighted by molar-refractivity contribution is 5.50. The smallest absolute Gasteiger partial charge is 0.131 e. The Kier molecular flexibility index (Phi) is 5.33. The molecule has 0 saturated heterocycles. The lowest BCUT2D eigenvalue weighted by atomic mass is 10.2. The van der Waals surface area contributed by atoms with E-state index in [1.54, 1.807) is 0 Å². The maximum absolute atomic E-state index is 4.59. The van der Waals surface area contributed by atoms with Crippen molar-refractivity contribution in [3.63, 3.8) is 0 Å². The van der Waals surface area contributed by atoms with Gasteiger partial charge in [0, 0.05) is 31.9 Å². The molecular weight excluding hydrogens is 262 g/mol. The van der Waals surface area contributed by atoms with E-state index in [1.165, 1.54) is 11.4 Å². The molecule has 114 valence electrons. The number of nitrogens with zero attached hydrogens (tertiary/aromatic N) is 4. The molecule has 0 unspecified atom stereocenters. The van der Waals surface area contributed by atoms with Crippen molar-refractivity contribution in [1.29, 1.82) is 0 Å². The fourth-order valence-electron chi connectivity index (χ4n) is 2.57. The van der Waals surface area contributed by atoms with Crippen LogP contribution in [0.1, 0.15) is 30.8 Å². The van der Waals surface area contributed by atoms with Crippen molar-refractivity contribution in [3.8, 4) is 0 Å². The third-order valence-corrected chi connectivity index (χ3v) is 3.63. The van der Waals surface area contributed by atoms with Gasteiger partial charge in [0.25, 0.3) is 0 Å². The van der Waals surface area contributed by atoms with Crippen molar-refractivity contribution in [2.45, 2.75) is 33.9 Å². The molecule has 0 aliphatic rings. The van der Waals surface area contributed by atoms with E-state index in [0.717, 1.165) is 37.6 Å². The zero-order valence-corrected chi connectivity index (χ0v) is 13.4. The number of nitrogens with one attached hydrogen (secondary N) is 1. The molecule has 0 amide bonds. The molecule has 5 nitrogen and oxygen atoms in total. The predicted molar refractivity (Wildman–Crippen MR) is 86.3 cm³/mol. The second-order valence-corrected chi connectivity index (χ2v) is 5.13. The normalized spacial score (nSPS) is 10.9. The van der Waals surface area contributed by atoms with Gasteiger partial charge >= 0.3 is 0 Å². The molecular formula is C16H25N5. The summed E-state index contributed by atoms with van der Waals surface area (Å²) in [5, 5.41) is 8.00. The number of hydrogen-bond acceptors (Lipinski definition) is 4. The first-order chi connectivity index (χ1) is 10.2. The van der Waals surface area contributed by atoms with E-state index < -0.39 is 0 Å². The summed E-state index contributed by atoms with van der Waals surface area (Å²) in [5.41, 5.74) is 3.44. The minimum Gasteiger partial charge on any atom is -0.351 e. The van der Waals surface area contributed by atoms with Crippen LogP contribution in [-0.4, -0.2) is 27.9 Å². The van der Waals surface area contributed by atoms with Crippen LogP contribution in [0.5, 0.6) is 0 Å². The number of aryl methyl sites for hydroxylation is 2. The summed E-state index contributed by atoms with van der Waals surface area (Å²) in [6.07, 6.45) is 1.84. The Morgan fingerprint density at radius 3 is 2.71 bits per heavy atom. The number of pyridine rings is 1. The molecule has 1 N–H and O–H groups in total. The first-order valence-corrected chi connectivity index (χ1v) is 7.55. The molecule has 5 heteroatoms. The number of rotatable bonds is 7. The van der Waals surface area contributed by atoms with Crippen LogP contribution in [0.4, 0.5) is 5.82 Å². The SMILES string of the molecule is CCNCc1c(C)nn(C)c1N(CC)Cc1ccccn1. The molecule has 0 aliphatic heterocycles. The van der Waals surface area contributed by atoms with Crippen LogP contribution < -0.4 is 10.2 Å². The Morgan fingerprint density at radius 1 is 1.29 bits per heavy atom. The van der Waals surface area contributed by atoms with E-state index >= 15 is 0 Å². The van der Waals surface area contributed by atoms with E-state index in [4.69, 9.17) is 0 Å². The highest BCUT2D eigenvalue weighted by atomic mass is 15.4. The third-order valence-electron chi connectivity index (χ3n) is 3.63. The number of aromatic nitrogens is 3. The van der Waals surface area contributed by atoms with E-state index in [2.05, 4.69) is 47.1 Å². The van der Waals surface area contributed by atoms with Gasteiger partial charge in [-0.15, -0.1) is 0 Å².